The summed E-state index contributed by atoms with van der Waals surface area (Å²) in [5, 5.41) is 14.1. The number of rotatable bonds is 4. The highest BCUT2D eigenvalue weighted by molar-refractivity contribution is 7.87. The summed E-state index contributed by atoms with van der Waals surface area (Å²) in [6, 6.07) is 4.58. The van der Waals surface area contributed by atoms with Crippen molar-refractivity contribution in [2.45, 2.75) is 17.2 Å². The van der Waals surface area contributed by atoms with Gasteiger partial charge in [-0.25, -0.2) is 4.98 Å². The Bertz CT molecular complexity index is 695. The molecular weight excluding hydrogens is 310 g/mol. The van der Waals surface area contributed by atoms with Crippen molar-refractivity contribution in [2.75, 3.05) is 18.8 Å². The zero-order chi connectivity index (χ0) is 14.8. The van der Waals surface area contributed by atoms with Gasteiger partial charge in [-0.15, -0.1) is 11.3 Å². The van der Waals surface area contributed by atoms with Crippen molar-refractivity contribution >= 4 is 38.0 Å². The van der Waals surface area contributed by atoms with Gasteiger partial charge in [0.2, 0.25) is 0 Å². The minimum Gasteiger partial charge on any atom is -0.317 e. The van der Waals surface area contributed by atoms with Crippen LogP contribution < -0.4 is 5.32 Å². The van der Waals surface area contributed by atoms with Crippen LogP contribution in [0.3, 0.4) is 0 Å². The number of nitrogens with zero attached hydrogens (tertiary/aromatic N) is 2. The van der Waals surface area contributed by atoms with E-state index in [0.717, 1.165) is 30.6 Å². The van der Waals surface area contributed by atoms with E-state index in [1.165, 1.54) is 23.5 Å². The Morgan fingerprint density at radius 1 is 1.43 bits per heavy atom. The van der Waals surface area contributed by atoms with Crippen LogP contribution in [0, 0.1) is 16.0 Å². The molecule has 1 aliphatic rings. The molecule has 0 saturated carbocycles. The number of nitro benzene ring substituents is 1. The zero-order valence-corrected chi connectivity index (χ0v) is 12.9. The number of fused-ring (bicyclic) bond motifs is 1. The molecule has 0 spiro atoms. The number of hydrogen-bond acceptors (Lipinski definition) is 6. The second kappa shape index (κ2) is 6.17. The third-order valence-electron chi connectivity index (χ3n) is 3.60. The highest BCUT2D eigenvalue weighted by Gasteiger charge is 2.20. The van der Waals surface area contributed by atoms with Crippen LogP contribution in [-0.2, 0) is 10.8 Å². The summed E-state index contributed by atoms with van der Waals surface area (Å²) >= 11 is 1.36. The number of nitrogens with one attached hydrogen (secondary N) is 1. The Kier molecular flexibility index (Phi) is 4.27. The molecule has 2 heterocycles. The fourth-order valence-electron chi connectivity index (χ4n) is 2.44. The van der Waals surface area contributed by atoms with Crippen molar-refractivity contribution in [3.8, 4) is 0 Å². The highest BCUT2D eigenvalue weighted by atomic mass is 32.2. The molecule has 0 bridgehead atoms. The topological polar surface area (TPSA) is 85.1 Å². The Morgan fingerprint density at radius 3 is 2.90 bits per heavy atom. The van der Waals surface area contributed by atoms with E-state index in [1.54, 1.807) is 6.07 Å². The number of piperidine rings is 1. The molecule has 3 rings (SSSR count). The molecule has 1 aromatic heterocycles. The Labute approximate surface area is 128 Å². The first-order valence-corrected chi connectivity index (χ1v) is 8.91. The van der Waals surface area contributed by atoms with E-state index in [-0.39, 0.29) is 5.69 Å². The lowest BCUT2D eigenvalue weighted by Gasteiger charge is -2.21. The van der Waals surface area contributed by atoms with Gasteiger partial charge in [-0.05, 0) is 37.9 Å². The molecule has 21 heavy (non-hydrogen) atoms. The lowest BCUT2D eigenvalue weighted by molar-refractivity contribution is -0.384. The Hall–Kier alpha value is -1.38. The van der Waals surface area contributed by atoms with Crippen LogP contribution in [-0.4, -0.2) is 33.0 Å². The van der Waals surface area contributed by atoms with Crippen LogP contribution in [0.25, 0.3) is 10.2 Å². The van der Waals surface area contributed by atoms with Gasteiger partial charge >= 0.3 is 0 Å². The molecule has 1 saturated heterocycles. The van der Waals surface area contributed by atoms with Crippen molar-refractivity contribution in [3.63, 3.8) is 0 Å². The molecular formula is C13H15N3O3S2. The van der Waals surface area contributed by atoms with Crippen molar-refractivity contribution in [1.29, 1.82) is 0 Å². The van der Waals surface area contributed by atoms with Crippen molar-refractivity contribution in [2.24, 2.45) is 5.92 Å². The summed E-state index contributed by atoms with van der Waals surface area (Å²) in [6.45, 7) is 1.96. The lowest BCUT2D eigenvalue weighted by atomic mass is 10.0. The van der Waals surface area contributed by atoms with Crippen LogP contribution in [0.15, 0.2) is 22.5 Å². The fraction of sp³-hybridized carbons (Fsp3) is 0.462. The monoisotopic (exact) mass is 325 g/mol. The first-order valence-electron chi connectivity index (χ1n) is 6.77. The quantitative estimate of drug-likeness (QED) is 0.689. The van der Waals surface area contributed by atoms with Crippen LogP contribution in [0.5, 0.6) is 0 Å². The van der Waals surface area contributed by atoms with E-state index in [2.05, 4.69) is 10.3 Å². The lowest BCUT2D eigenvalue weighted by Crippen LogP contribution is -2.30. The molecule has 0 aliphatic carbocycles. The van der Waals surface area contributed by atoms with E-state index < -0.39 is 15.7 Å². The van der Waals surface area contributed by atoms with E-state index in [4.69, 9.17) is 0 Å². The van der Waals surface area contributed by atoms with Gasteiger partial charge < -0.3 is 5.32 Å². The predicted molar refractivity (Wildman–Crippen MR) is 83.1 cm³/mol. The van der Waals surface area contributed by atoms with Crippen LogP contribution in [0.1, 0.15) is 12.8 Å². The van der Waals surface area contributed by atoms with E-state index in [9.17, 15) is 14.3 Å². The fourth-order valence-corrected chi connectivity index (χ4v) is 5.07. The third kappa shape index (κ3) is 3.28. The largest absolute Gasteiger partial charge is 0.317 e. The number of benzene rings is 1. The Balaban J connectivity index is 1.79. The van der Waals surface area contributed by atoms with Gasteiger partial charge in [0.25, 0.3) is 5.69 Å². The third-order valence-corrected chi connectivity index (χ3v) is 6.50. The van der Waals surface area contributed by atoms with Crippen LogP contribution in [0.2, 0.25) is 0 Å². The van der Waals surface area contributed by atoms with Gasteiger partial charge in [-0.2, -0.15) is 0 Å². The Morgan fingerprint density at radius 2 is 2.19 bits per heavy atom. The molecule has 0 amide bonds. The van der Waals surface area contributed by atoms with Gasteiger partial charge in [0.1, 0.15) is 0 Å². The average Bonchev–Trinajstić information content (AvgIpc) is 2.91. The van der Waals surface area contributed by atoms with Gasteiger partial charge in [-0.1, -0.05) is 0 Å². The second-order valence-corrected chi connectivity index (χ2v) is 7.79. The van der Waals surface area contributed by atoms with Crippen LogP contribution >= 0.6 is 11.3 Å². The van der Waals surface area contributed by atoms with Crippen molar-refractivity contribution in [1.82, 2.24) is 10.3 Å². The smallest absolute Gasteiger partial charge is 0.271 e. The molecule has 1 fully saturated rings. The molecule has 2 aromatic rings. The van der Waals surface area contributed by atoms with Gasteiger partial charge in [-0.3, -0.25) is 14.3 Å². The molecule has 112 valence electrons. The number of aromatic nitrogens is 1. The molecule has 6 nitrogen and oxygen atoms in total. The number of thiazole rings is 1. The minimum absolute atomic E-state index is 0.0171. The first kappa shape index (κ1) is 14.6. The zero-order valence-electron chi connectivity index (χ0n) is 11.3. The second-order valence-electron chi connectivity index (χ2n) is 5.09. The summed E-state index contributed by atoms with van der Waals surface area (Å²) in [6.07, 6.45) is 2.09. The summed E-state index contributed by atoms with van der Waals surface area (Å²) in [5.41, 5.74) is 0.575. The molecule has 1 N–H and O–H groups in total. The van der Waals surface area contributed by atoms with E-state index >= 15 is 0 Å². The van der Waals surface area contributed by atoms with Crippen molar-refractivity contribution in [3.05, 3.63) is 28.3 Å². The van der Waals surface area contributed by atoms with E-state index in [1.807, 2.05) is 0 Å². The molecule has 0 unspecified atom stereocenters. The molecule has 8 heteroatoms. The number of non-ortho nitro benzene ring substituents is 1. The van der Waals surface area contributed by atoms with E-state index in [0.29, 0.717) is 21.5 Å². The maximum absolute atomic E-state index is 12.4. The normalized spacial score (nSPS) is 17.9. The number of hydrogen-bond donors (Lipinski definition) is 1. The summed E-state index contributed by atoms with van der Waals surface area (Å²) < 4.78 is 13.8. The molecule has 1 aliphatic heterocycles. The molecule has 0 radical (unpaired) electrons. The number of nitro groups is 1. The minimum atomic E-state index is -1.12. The van der Waals surface area contributed by atoms with Crippen LogP contribution in [0.4, 0.5) is 5.69 Å². The standard InChI is InChI=1S/C13H15N3O3S2/c17-16(18)10-1-2-12-11(7-10)15-13(20-12)21(19)8-9-3-5-14-6-4-9/h1-2,7,9,14H,3-6,8H2/t21-/m1/s1. The first-order chi connectivity index (χ1) is 10.1. The maximum atomic E-state index is 12.4. The van der Waals surface area contributed by atoms with Crippen molar-refractivity contribution < 1.29 is 9.13 Å². The maximum Gasteiger partial charge on any atom is 0.271 e. The molecule has 1 aromatic carbocycles. The summed E-state index contributed by atoms with van der Waals surface area (Å²) in [4.78, 5) is 14.6. The van der Waals surface area contributed by atoms with Gasteiger partial charge in [0, 0.05) is 17.9 Å². The molecule has 1 atom stereocenters. The summed E-state index contributed by atoms with van der Waals surface area (Å²) in [5.74, 6) is 1.09. The van der Waals surface area contributed by atoms with Gasteiger partial charge in [0.15, 0.2) is 4.34 Å². The van der Waals surface area contributed by atoms with Gasteiger partial charge in [0.05, 0.1) is 25.9 Å². The average molecular weight is 325 g/mol. The summed E-state index contributed by atoms with van der Waals surface area (Å²) in [7, 11) is -1.12. The highest BCUT2D eigenvalue weighted by Crippen LogP contribution is 2.28. The predicted octanol–water partition coefficient (Wildman–Crippen LogP) is 2.31. The SMILES string of the molecule is O=[N+]([O-])c1ccc2sc([S@](=O)CC3CCNCC3)nc2c1.